The number of nitrogens with zero attached hydrogens (tertiary/aromatic N) is 3. The number of hydrogen-bond donors (Lipinski definition) is 4. The standard InChI is InChI=1S/C42H52N6O7S/c1-25-17-18-30-32(19-25)44-33(34-24-56-40(45-34)43-27-12-7-8-13-27)21-36(30)54-29-20-35-37(49)47-42(39(51)52)22-26(42)11-5-3-2-4-6-16-31(38(50)48(35)23-29)46-41(53)55-28-14-9-10-15-28/h5,11,17-19,21,24,26-29,31,35H,2-4,6-10,12-16,20,22-23H2,1H3,(H,43,45)(H,46,53)(H,47,49)(H,51,52)/b11-5-/t26-,29-,31+,35+,42-/m1/s1. The SMILES string of the molecule is Cc1ccc2c(O[C@@H]3C[C@H]4C(=O)N[C@]5(C(=O)O)C[C@H]5/C=C\CCCCC[C@H](NC(=O)OC5CCCC5)C(=O)N4C3)cc(-c3csc(NC4CCCC4)n3)nc2c1. The monoisotopic (exact) mass is 784 g/mol. The fraction of sp³-hybridized carbons (Fsp3) is 0.571. The van der Waals surface area contributed by atoms with Crippen LogP contribution in [-0.4, -0.2) is 86.3 Å². The van der Waals surface area contributed by atoms with Crippen LogP contribution in [0.25, 0.3) is 22.3 Å². The van der Waals surface area contributed by atoms with E-state index in [0.29, 0.717) is 30.3 Å². The van der Waals surface area contributed by atoms with Gasteiger partial charge in [-0.3, -0.25) is 9.59 Å². The molecule has 4 N–H and O–H groups in total. The molecule has 1 aromatic carbocycles. The average molecular weight is 785 g/mol. The number of rotatable bonds is 8. The van der Waals surface area contributed by atoms with Crippen molar-refractivity contribution in [1.82, 2.24) is 25.5 Å². The summed E-state index contributed by atoms with van der Waals surface area (Å²) in [5.41, 5.74) is 1.71. The molecule has 1 saturated heterocycles. The number of allylic oxidation sites excluding steroid dienone is 1. The van der Waals surface area contributed by atoms with Crippen LogP contribution < -0.4 is 20.7 Å². The van der Waals surface area contributed by atoms with Gasteiger partial charge >= 0.3 is 12.1 Å². The van der Waals surface area contributed by atoms with Crippen molar-refractivity contribution in [3.63, 3.8) is 0 Å². The third kappa shape index (κ3) is 8.35. The molecule has 56 heavy (non-hydrogen) atoms. The highest BCUT2D eigenvalue weighted by Crippen LogP contribution is 2.45. The third-order valence-corrected chi connectivity index (χ3v) is 12.9. The molecule has 13 nitrogen and oxygen atoms in total. The minimum atomic E-state index is -1.43. The van der Waals surface area contributed by atoms with E-state index in [4.69, 9.17) is 19.4 Å². The van der Waals surface area contributed by atoms with E-state index in [1.54, 1.807) is 11.3 Å². The van der Waals surface area contributed by atoms with Crippen LogP contribution >= 0.6 is 11.3 Å². The molecular formula is C42H52N6O7S. The summed E-state index contributed by atoms with van der Waals surface area (Å²) in [5, 5.41) is 23.2. The Balaban J connectivity index is 1.08. The lowest BCUT2D eigenvalue weighted by molar-refractivity contribution is -0.145. The van der Waals surface area contributed by atoms with Crippen molar-refractivity contribution >= 4 is 51.2 Å². The maximum atomic E-state index is 14.6. The minimum absolute atomic E-state index is 0.0628. The highest BCUT2D eigenvalue weighted by molar-refractivity contribution is 7.14. The maximum absolute atomic E-state index is 14.6. The summed E-state index contributed by atoms with van der Waals surface area (Å²) in [6.07, 6.45) is 14.6. The Kier molecular flexibility index (Phi) is 11.2. The van der Waals surface area contributed by atoms with E-state index < -0.39 is 47.6 Å². The number of carboxylic acids is 1. The first-order valence-corrected chi connectivity index (χ1v) is 21.3. The average Bonchev–Trinajstić information content (AvgIpc) is 3.82. The van der Waals surface area contributed by atoms with Gasteiger partial charge in [0.05, 0.1) is 17.8 Å². The van der Waals surface area contributed by atoms with E-state index >= 15 is 0 Å². The highest BCUT2D eigenvalue weighted by atomic mass is 32.1. The lowest BCUT2D eigenvalue weighted by Gasteiger charge is -2.29. The van der Waals surface area contributed by atoms with Gasteiger partial charge in [0.1, 0.15) is 41.3 Å². The first-order chi connectivity index (χ1) is 27.1. The number of hydrogen-bond acceptors (Lipinski definition) is 10. The molecule has 0 radical (unpaired) electrons. The number of carboxylic acid groups (broad SMARTS) is 1. The summed E-state index contributed by atoms with van der Waals surface area (Å²) < 4.78 is 12.5. The van der Waals surface area contributed by atoms with Crippen LogP contribution in [0.4, 0.5) is 9.93 Å². The predicted octanol–water partition coefficient (Wildman–Crippen LogP) is 6.89. The maximum Gasteiger partial charge on any atom is 0.408 e. The van der Waals surface area contributed by atoms with Crippen LogP contribution in [0.3, 0.4) is 0 Å². The quantitative estimate of drug-likeness (QED) is 0.176. The second-order valence-electron chi connectivity index (χ2n) is 16.3. The number of ether oxygens (including phenoxy) is 2. The smallest absolute Gasteiger partial charge is 0.408 e. The number of amides is 3. The van der Waals surface area contributed by atoms with Gasteiger partial charge in [-0.15, -0.1) is 11.3 Å². The summed E-state index contributed by atoms with van der Waals surface area (Å²) in [6, 6.07) is 6.30. The molecule has 3 aliphatic carbocycles. The number of thiazole rings is 1. The Morgan fingerprint density at radius 2 is 1.75 bits per heavy atom. The number of carbonyl (C=O) groups excluding carboxylic acids is 3. The minimum Gasteiger partial charge on any atom is -0.488 e. The summed E-state index contributed by atoms with van der Waals surface area (Å²) in [6.45, 7) is 2.07. The Morgan fingerprint density at radius 3 is 2.55 bits per heavy atom. The van der Waals surface area contributed by atoms with Gasteiger partial charge in [-0.25, -0.2) is 19.6 Å². The van der Waals surface area contributed by atoms with E-state index in [0.717, 1.165) is 85.1 Å². The van der Waals surface area contributed by atoms with Crippen LogP contribution in [0.15, 0.2) is 41.8 Å². The number of benzene rings is 1. The fourth-order valence-electron chi connectivity index (χ4n) is 8.90. The number of nitrogens with one attached hydrogen (secondary N) is 3. The molecule has 298 valence electrons. The molecule has 3 aromatic rings. The molecule has 0 unspecified atom stereocenters. The molecule has 3 amide bonds. The van der Waals surface area contributed by atoms with Crippen LogP contribution in [0.2, 0.25) is 0 Å². The molecule has 3 saturated carbocycles. The number of aromatic nitrogens is 2. The van der Waals surface area contributed by atoms with Crippen LogP contribution in [0.5, 0.6) is 5.75 Å². The van der Waals surface area contributed by atoms with Crippen molar-refractivity contribution in [3.05, 3.63) is 47.4 Å². The Hall–Kier alpha value is -4.72. The van der Waals surface area contributed by atoms with Gasteiger partial charge in [0.15, 0.2) is 5.13 Å². The molecule has 4 heterocycles. The number of anilines is 1. The molecular weight excluding hydrogens is 733 g/mol. The van der Waals surface area contributed by atoms with E-state index in [-0.39, 0.29) is 31.4 Å². The molecule has 5 aliphatic rings. The number of carbonyl (C=O) groups is 4. The number of aryl methyl sites for hydroxylation is 1. The zero-order chi connectivity index (χ0) is 38.8. The van der Waals surface area contributed by atoms with Crippen molar-refractivity contribution in [1.29, 1.82) is 0 Å². The predicted molar refractivity (Wildman–Crippen MR) is 213 cm³/mol. The second kappa shape index (κ2) is 16.4. The topological polar surface area (TPSA) is 172 Å². The Bertz CT molecular complexity index is 1990. The number of pyridine rings is 1. The van der Waals surface area contributed by atoms with Gasteiger partial charge in [0.25, 0.3) is 0 Å². The summed E-state index contributed by atoms with van der Waals surface area (Å²) in [4.78, 5) is 65.8. The molecule has 5 atom stereocenters. The van der Waals surface area contributed by atoms with Crippen LogP contribution in [0, 0.1) is 12.8 Å². The molecule has 2 aromatic heterocycles. The molecule has 4 fully saturated rings. The van der Waals surface area contributed by atoms with Crippen molar-refractivity contribution < 1.29 is 33.8 Å². The van der Waals surface area contributed by atoms with Gasteiger partial charge in [-0.1, -0.05) is 43.9 Å². The molecule has 0 spiro atoms. The van der Waals surface area contributed by atoms with Crippen LogP contribution in [-0.2, 0) is 19.1 Å². The second-order valence-corrected chi connectivity index (χ2v) is 17.2. The van der Waals surface area contributed by atoms with Crippen molar-refractivity contribution in [3.8, 4) is 17.1 Å². The van der Waals surface area contributed by atoms with Gasteiger partial charge in [0.2, 0.25) is 11.8 Å². The number of fused-ring (bicyclic) bond motifs is 3. The third-order valence-electron chi connectivity index (χ3n) is 12.2. The Morgan fingerprint density at radius 1 is 0.964 bits per heavy atom. The largest absolute Gasteiger partial charge is 0.488 e. The van der Waals surface area contributed by atoms with Gasteiger partial charge in [0, 0.05) is 35.2 Å². The summed E-state index contributed by atoms with van der Waals surface area (Å²) in [7, 11) is 0. The van der Waals surface area contributed by atoms with Gasteiger partial charge < -0.3 is 35.4 Å². The van der Waals surface area contributed by atoms with Gasteiger partial charge in [-0.05, 0) is 88.8 Å². The normalized spacial score (nSPS) is 28.1. The lowest BCUT2D eigenvalue weighted by Crippen LogP contribution is -2.56. The molecule has 8 rings (SSSR count). The number of alkyl carbamates (subject to hydrolysis) is 1. The molecule has 2 aliphatic heterocycles. The van der Waals surface area contributed by atoms with Crippen molar-refractivity contribution in [2.24, 2.45) is 5.92 Å². The zero-order valence-corrected chi connectivity index (χ0v) is 32.8. The number of aliphatic carboxylic acids is 1. The summed E-state index contributed by atoms with van der Waals surface area (Å²) >= 11 is 1.55. The lowest BCUT2D eigenvalue weighted by atomic mass is 10.0. The van der Waals surface area contributed by atoms with E-state index in [2.05, 4.69) is 16.0 Å². The molecule has 0 bridgehead atoms. The van der Waals surface area contributed by atoms with Gasteiger partial charge in [-0.2, -0.15) is 0 Å². The highest BCUT2D eigenvalue weighted by Gasteiger charge is 2.61. The van der Waals surface area contributed by atoms with E-state index in [1.165, 1.54) is 17.7 Å². The van der Waals surface area contributed by atoms with E-state index in [1.807, 2.05) is 48.7 Å². The Labute approximate surface area is 331 Å². The first-order valence-electron chi connectivity index (χ1n) is 20.5. The first kappa shape index (κ1) is 38.2. The summed E-state index contributed by atoms with van der Waals surface area (Å²) in [5.74, 6) is -1.85. The zero-order valence-electron chi connectivity index (χ0n) is 32.0. The van der Waals surface area contributed by atoms with Crippen LogP contribution in [0.1, 0.15) is 102 Å². The van der Waals surface area contributed by atoms with E-state index in [9.17, 15) is 24.3 Å². The fourth-order valence-corrected chi connectivity index (χ4v) is 9.68. The van der Waals surface area contributed by atoms with Crippen molar-refractivity contribution in [2.75, 3.05) is 11.9 Å². The van der Waals surface area contributed by atoms with Crippen molar-refractivity contribution in [2.45, 2.75) is 139 Å². The molecule has 14 heteroatoms.